The summed E-state index contributed by atoms with van der Waals surface area (Å²) < 4.78 is 9.78. The van der Waals surface area contributed by atoms with Crippen molar-refractivity contribution in [2.24, 2.45) is 0 Å². The molecule has 0 spiro atoms. The van der Waals surface area contributed by atoms with Gasteiger partial charge in [-0.15, -0.1) is 0 Å². The predicted octanol–water partition coefficient (Wildman–Crippen LogP) is 4.89. The average molecular weight is 413 g/mol. The molecule has 6 nitrogen and oxygen atoms in total. The van der Waals surface area contributed by atoms with Crippen LogP contribution in [0.5, 0.6) is 0 Å². The van der Waals surface area contributed by atoms with E-state index in [0.29, 0.717) is 6.42 Å². The highest BCUT2D eigenvalue weighted by Gasteiger charge is 2.37. The SMILES string of the molecule is CCCCCCCCCCCC1=C(OC(C)=O)C(=O)C(Cl)=C(OC(C)=O)C1=O. The van der Waals surface area contributed by atoms with Crippen molar-refractivity contribution in [1.82, 2.24) is 0 Å². The third-order valence-electron chi connectivity index (χ3n) is 4.38. The number of ketones is 2. The highest BCUT2D eigenvalue weighted by molar-refractivity contribution is 6.49. The van der Waals surface area contributed by atoms with Crippen LogP contribution in [0.1, 0.15) is 85.0 Å². The van der Waals surface area contributed by atoms with Gasteiger partial charge in [-0.25, -0.2) is 0 Å². The van der Waals surface area contributed by atoms with Crippen molar-refractivity contribution in [2.75, 3.05) is 0 Å². The zero-order valence-corrected chi connectivity index (χ0v) is 17.7. The zero-order chi connectivity index (χ0) is 21.1. The molecule has 0 fully saturated rings. The van der Waals surface area contributed by atoms with Crippen LogP contribution in [0.3, 0.4) is 0 Å². The molecule has 0 radical (unpaired) electrons. The van der Waals surface area contributed by atoms with Crippen LogP contribution < -0.4 is 0 Å². The lowest BCUT2D eigenvalue weighted by Crippen LogP contribution is -2.26. The summed E-state index contributed by atoms with van der Waals surface area (Å²) in [6.45, 7) is 4.44. The summed E-state index contributed by atoms with van der Waals surface area (Å²) in [7, 11) is 0. The predicted molar refractivity (Wildman–Crippen MR) is 105 cm³/mol. The van der Waals surface area contributed by atoms with Crippen LogP contribution in [0.15, 0.2) is 22.1 Å². The number of halogens is 1. The van der Waals surface area contributed by atoms with Crippen molar-refractivity contribution in [2.45, 2.75) is 85.0 Å². The van der Waals surface area contributed by atoms with Gasteiger partial charge < -0.3 is 9.47 Å². The summed E-state index contributed by atoms with van der Waals surface area (Å²) in [5.74, 6) is -3.85. The number of carbonyl (C=O) groups excluding carboxylic acids is 4. The van der Waals surface area contributed by atoms with Gasteiger partial charge in [0.15, 0.2) is 5.76 Å². The number of rotatable bonds is 12. The number of ether oxygens (including phenoxy) is 2. The van der Waals surface area contributed by atoms with Gasteiger partial charge in [-0.05, 0) is 12.8 Å². The summed E-state index contributed by atoms with van der Waals surface area (Å²) in [4.78, 5) is 47.6. The summed E-state index contributed by atoms with van der Waals surface area (Å²) in [5, 5.41) is -0.549. The van der Waals surface area contributed by atoms with E-state index in [4.69, 9.17) is 21.1 Å². The maximum atomic E-state index is 12.7. The summed E-state index contributed by atoms with van der Waals surface area (Å²) in [6.07, 6.45) is 10.1. The van der Waals surface area contributed by atoms with Gasteiger partial charge in [0.25, 0.3) is 0 Å². The molecule has 7 heteroatoms. The van der Waals surface area contributed by atoms with Gasteiger partial charge in [0.2, 0.25) is 17.3 Å². The van der Waals surface area contributed by atoms with Gasteiger partial charge in [0.05, 0.1) is 5.57 Å². The van der Waals surface area contributed by atoms with Gasteiger partial charge in [-0.1, -0.05) is 69.9 Å². The van der Waals surface area contributed by atoms with Crippen molar-refractivity contribution in [3.05, 3.63) is 22.1 Å². The van der Waals surface area contributed by atoms with E-state index in [1.165, 1.54) is 32.1 Å². The molecule has 0 saturated carbocycles. The van der Waals surface area contributed by atoms with Crippen LogP contribution in [0.25, 0.3) is 0 Å². The Kier molecular flexibility index (Phi) is 10.8. The largest absolute Gasteiger partial charge is 0.422 e. The smallest absolute Gasteiger partial charge is 0.308 e. The maximum absolute atomic E-state index is 12.7. The number of hydrogen-bond donors (Lipinski definition) is 0. The lowest BCUT2D eigenvalue weighted by molar-refractivity contribution is -0.142. The molecule has 1 aliphatic carbocycles. The van der Waals surface area contributed by atoms with E-state index in [0.717, 1.165) is 33.1 Å². The number of Topliss-reactive ketones (excluding diaryl/α,β-unsaturated/α-hetero) is 2. The minimum absolute atomic E-state index is 0.0313. The van der Waals surface area contributed by atoms with Crippen LogP contribution in [-0.2, 0) is 28.7 Å². The molecule has 0 atom stereocenters. The number of unbranched alkanes of at least 4 members (excludes halogenated alkanes) is 8. The molecule has 0 saturated heterocycles. The Balaban J connectivity index is 2.71. The van der Waals surface area contributed by atoms with Gasteiger partial charge in [0, 0.05) is 13.8 Å². The Morgan fingerprint density at radius 1 is 0.750 bits per heavy atom. The monoisotopic (exact) mass is 412 g/mol. The Labute approximate surface area is 171 Å². The fourth-order valence-electron chi connectivity index (χ4n) is 3.01. The summed E-state index contributed by atoms with van der Waals surface area (Å²) >= 11 is 5.88. The molecule has 0 bridgehead atoms. The van der Waals surface area contributed by atoms with Crippen LogP contribution >= 0.6 is 11.6 Å². The highest BCUT2D eigenvalue weighted by atomic mass is 35.5. The van der Waals surface area contributed by atoms with Crippen molar-refractivity contribution in [3.8, 4) is 0 Å². The van der Waals surface area contributed by atoms with Gasteiger partial charge >= 0.3 is 11.9 Å². The van der Waals surface area contributed by atoms with Crippen LogP contribution in [-0.4, -0.2) is 23.5 Å². The fraction of sp³-hybridized carbons (Fsp3) is 0.619. The molecular weight excluding hydrogens is 384 g/mol. The van der Waals surface area contributed by atoms with E-state index in [9.17, 15) is 19.2 Å². The molecule has 0 aromatic heterocycles. The lowest BCUT2D eigenvalue weighted by Gasteiger charge is -2.19. The first-order valence-electron chi connectivity index (χ1n) is 9.88. The quantitative estimate of drug-likeness (QED) is 0.257. The van der Waals surface area contributed by atoms with Gasteiger partial charge in [-0.3, -0.25) is 19.2 Å². The summed E-state index contributed by atoms with van der Waals surface area (Å²) in [6, 6.07) is 0. The second-order valence-electron chi connectivity index (χ2n) is 6.87. The molecule has 0 aliphatic heterocycles. The topological polar surface area (TPSA) is 86.7 Å². The molecule has 1 aliphatic rings. The molecule has 156 valence electrons. The molecular formula is C21H29ClO6. The first-order chi connectivity index (χ1) is 13.3. The number of hydrogen-bond acceptors (Lipinski definition) is 6. The Morgan fingerprint density at radius 3 is 1.71 bits per heavy atom. The molecule has 0 heterocycles. The Morgan fingerprint density at radius 2 is 1.21 bits per heavy atom. The van der Waals surface area contributed by atoms with E-state index < -0.39 is 34.3 Å². The molecule has 1 rings (SSSR count). The van der Waals surface area contributed by atoms with E-state index in [-0.39, 0.29) is 17.8 Å². The number of carbonyl (C=O) groups is 4. The van der Waals surface area contributed by atoms with E-state index in [1.807, 2.05) is 0 Å². The summed E-state index contributed by atoms with van der Waals surface area (Å²) in [5.41, 5.74) is 0.0313. The van der Waals surface area contributed by atoms with E-state index in [2.05, 4.69) is 6.92 Å². The fourth-order valence-corrected chi connectivity index (χ4v) is 3.22. The Bertz CT molecular complexity index is 674. The van der Waals surface area contributed by atoms with Crippen molar-refractivity contribution in [3.63, 3.8) is 0 Å². The second-order valence-corrected chi connectivity index (χ2v) is 7.25. The molecule has 0 unspecified atom stereocenters. The van der Waals surface area contributed by atoms with Crippen molar-refractivity contribution in [1.29, 1.82) is 0 Å². The highest BCUT2D eigenvalue weighted by Crippen LogP contribution is 2.31. The van der Waals surface area contributed by atoms with E-state index >= 15 is 0 Å². The minimum atomic E-state index is -0.821. The van der Waals surface area contributed by atoms with Crippen LogP contribution in [0.4, 0.5) is 0 Å². The minimum Gasteiger partial charge on any atom is -0.422 e. The van der Waals surface area contributed by atoms with Crippen LogP contribution in [0, 0.1) is 0 Å². The second kappa shape index (κ2) is 12.5. The van der Waals surface area contributed by atoms with Gasteiger partial charge in [-0.2, -0.15) is 0 Å². The molecule has 0 aromatic carbocycles. The van der Waals surface area contributed by atoms with Gasteiger partial charge in [0.1, 0.15) is 5.03 Å². The number of esters is 2. The first-order valence-corrected chi connectivity index (χ1v) is 10.3. The lowest BCUT2D eigenvalue weighted by atomic mass is 9.94. The standard InChI is InChI=1S/C21H29ClO6/c1-4-5-6-7-8-9-10-11-12-13-16-18(25)21(28-15(3)24)17(22)19(26)20(16)27-14(2)23/h4-13H2,1-3H3. The third kappa shape index (κ3) is 7.58. The molecule has 28 heavy (non-hydrogen) atoms. The third-order valence-corrected chi connectivity index (χ3v) is 4.72. The normalized spacial score (nSPS) is 14.6. The molecule has 0 aromatic rings. The zero-order valence-electron chi connectivity index (χ0n) is 16.9. The van der Waals surface area contributed by atoms with E-state index in [1.54, 1.807) is 0 Å². The molecule has 0 N–H and O–H groups in total. The number of allylic oxidation sites excluding steroid dienone is 2. The van der Waals surface area contributed by atoms with Crippen molar-refractivity contribution < 1.29 is 28.7 Å². The van der Waals surface area contributed by atoms with Crippen LogP contribution in [0.2, 0.25) is 0 Å². The first kappa shape index (κ1) is 24.1. The molecule has 0 amide bonds. The Hall–Kier alpha value is -1.95. The van der Waals surface area contributed by atoms with Crippen molar-refractivity contribution >= 4 is 35.1 Å². The maximum Gasteiger partial charge on any atom is 0.308 e. The average Bonchev–Trinajstić information content (AvgIpc) is 2.63.